The van der Waals surface area contributed by atoms with Crippen molar-refractivity contribution in [2.45, 2.75) is 66.8 Å². The molecule has 2 nitrogen and oxygen atoms in total. The maximum absolute atomic E-state index is 11.2. The third kappa shape index (κ3) is 13.6. The van der Waals surface area contributed by atoms with Gasteiger partial charge in [-0.1, -0.05) is 107 Å². The number of rotatable bonds is 9. The lowest BCUT2D eigenvalue weighted by atomic mass is 9.91. The average molecular weight is 436 g/mol. The molecule has 2 aromatic rings. The molecule has 32 heavy (non-hydrogen) atoms. The largest absolute Gasteiger partial charge is 0.314 e. The molecule has 1 unspecified atom stereocenters. The van der Waals surface area contributed by atoms with Gasteiger partial charge in [-0.05, 0) is 56.0 Å². The van der Waals surface area contributed by atoms with Gasteiger partial charge in [-0.25, -0.2) is 0 Å². The molecule has 2 aromatic carbocycles. The zero-order chi connectivity index (χ0) is 24.8. The summed E-state index contributed by atoms with van der Waals surface area (Å²) in [6, 6.07) is 20.8. The third-order valence-electron chi connectivity index (χ3n) is 4.31. The molecule has 0 fully saturated rings. The van der Waals surface area contributed by atoms with Crippen molar-refractivity contribution < 1.29 is 4.79 Å². The molecule has 0 heterocycles. The molecule has 176 valence electrons. The number of likely N-dealkylation sites (N-methyl/N-ethyl adjacent to an activating group) is 1. The van der Waals surface area contributed by atoms with Crippen LogP contribution in [-0.4, -0.2) is 18.9 Å². The van der Waals surface area contributed by atoms with Crippen LogP contribution in [0.3, 0.4) is 0 Å². The van der Waals surface area contributed by atoms with E-state index in [0.717, 1.165) is 35.1 Å². The van der Waals surface area contributed by atoms with Gasteiger partial charge in [-0.3, -0.25) is 0 Å². The molecule has 1 atom stereocenters. The van der Waals surface area contributed by atoms with E-state index < -0.39 is 0 Å². The van der Waals surface area contributed by atoms with E-state index in [1.54, 1.807) is 13.0 Å². The lowest BCUT2D eigenvalue weighted by Crippen LogP contribution is -2.23. The van der Waals surface area contributed by atoms with Gasteiger partial charge in [0.2, 0.25) is 0 Å². The van der Waals surface area contributed by atoms with Crippen molar-refractivity contribution in [1.29, 1.82) is 0 Å². The summed E-state index contributed by atoms with van der Waals surface area (Å²) in [5.41, 5.74) is 4.42. The topological polar surface area (TPSA) is 29.1 Å². The second-order valence-electron chi connectivity index (χ2n) is 6.69. The Hall–Kier alpha value is -2.71. The Balaban J connectivity index is 0. The number of carbonyl (C=O) groups is 1. The number of hydrogen-bond donors (Lipinski definition) is 1. The molecular formula is C30H45NO. The van der Waals surface area contributed by atoms with Crippen LogP contribution in [0.25, 0.3) is 11.1 Å². The van der Waals surface area contributed by atoms with E-state index in [-0.39, 0.29) is 11.8 Å². The predicted molar refractivity (Wildman–Crippen MR) is 146 cm³/mol. The minimum absolute atomic E-state index is 0.204. The van der Waals surface area contributed by atoms with Crippen LogP contribution >= 0.6 is 0 Å². The monoisotopic (exact) mass is 435 g/mol. The van der Waals surface area contributed by atoms with Gasteiger partial charge in [0, 0.05) is 12.5 Å². The van der Waals surface area contributed by atoms with Crippen molar-refractivity contribution in [2.24, 2.45) is 0 Å². The Bertz CT molecular complexity index is 760. The number of ketones is 1. The summed E-state index contributed by atoms with van der Waals surface area (Å²) < 4.78 is 0. The van der Waals surface area contributed by atoms with Crippen LogP contribution in [0.15, 0.2) is 86.0 Å². The molecule has 1 N–H and O–H groups in total. The Morgan fingerprint density at radius 2 is 1.38 bits per heavy atom. The smallest absolute Gasteiger partial charge is 0.129 e. The number of hydrogen-bond acceptors (Lipinski definition) is 2. The number of allylic oxidation sites excluding steroid dienone is 3. The first-order valence-electron chi connectivity index (χ1n) is 11.8. The van der Waals surface area contributed by atoms with Gasteiger partial charge in [0.1, 0.15) is 5.78 Å². The molecule has 0 spiro atoms. The molecule has 2 rings (SSSR count). The molecule has 0 amide bonds. The van der Waals surface area contributed by atoms with Gasteiger partial charge in [-0.2, -0.15) is 0 Å². The highest BCUT2D eigenvalue weighted by atomic mass is 16.1. The van der Waals surface area contributed by atoms with E-state index in [4.69, 9.17) is 0 Å². The highest BCUT2D eigenvalue weighted by Crippen LogP contribution is 2.30. The third-order valence-corrected chi connectivity index (χ3v) is 4.31. The summed E-state index contributed by atoms with van der Waals surface area (Å²) >= 11 is 0. The molecule has 0 bridgehead atoms. The van der Waals surface area contributed by atoms with E-state index >= 15 is 0 Å². The van der Waals surface area contributed by atoms with Crippen LogP contribution in [0.4, 0.5) is 0 Å². The first-order valence-corrected chi connectivity index (χ1v) is 11.8. The minimum Gasteiger partial charge on any atom is -0.314 e. The summed E-state index contributed by atoms with van der Waals surface area (Å²) in [6.07, 6.45) is 6.43. The number of Topliss-reactive ketones (excluding diaryl/α,β-unsaturated/α-hetero) is 1. The maximum Gasteiger partial charge on any atom is 0.129 e. The number of nitrogens with one attached hydrogen (secondary N) is 1. The lowest BCUT2D eigenvalue weighted by molar-refractivity contribution is -0.117. The first kappa shape index (κ1) is 31.5. The summed E-state index contributed by atoms with van der Waals surface area (Å²) in [4.78, 5) is 11.2. The summed E-state index contributed by atoms with van der Waals surface area (Å²) in [7, 11) is 1.96. The minimum atomic E-state index is 0.204. The molecule has 0 aliphatic rings. The van der Waals surface area contributed by atoms with E-state index in [1.807, 2.05) is 78.1 Å². The summed E-state index contributed by atoms with van der Waals surface area (Å²) in [5.74, 6) is 0.246. The van der Waals surface area contributed by atoms with Crippen LogP contribution in [0, 0.1) is 0 Å². The highest BCUT2D eigenvalue weighted by Gasteiger charge is 2.12. The summed E-state index contributed by atoms with van der Waals surface area (Å²) in [5, 5.41) is 3.35. The fourth-order valence-electron chi connectivity index (χ4n) is 2.87. The number of carbonyl (C=O) groups excluding carboxylic acids is 1. The second kappa shape index (κ2) is 21.5. The molecular weight excluding hydrogens is 390 g/mol. The van der Waals surface area contributed by atoms with Gasteiger partial charge in [0.25, 0.3) is 0 Å². The Labute approximate surface area is 198 Å². The van der Waals surface area contributed by atoms with Crippen molar-refractivity contribution >= 4 is 16.9 Å². The van der Waals surface area contributed by atoms with Gasteiger partial charge in [-0.15, -0.1) is 6.58 Å². The number of benzene rings is 2. The average Bonchev–Trinajstić information content (AvgIpc) is 2.85. The Morgan fingerprint density at radius 1 is 0.938 bits per heavy atom. The molecule has 0 saturated carbocycles. The highest BCUT2D eigenvalue weighted by molar-refractivity contribution is 6.04. The van der Waals surface area contributed by atoms with E-state index in [0.29, 0.717) is 6.42 Å². The van der Waals surface area contributed by atoms with Gasteiger partial charge < -0.3 is 10.1 Å². The molecule has 0 radical (unpaired) electrons. The van der Waals surface area contributed by atoms with Crippen LogP contribution < -0.4 is 5.32 Å². The van der Waals surface area contributed by atoms with Crippen molar-refractivity contribution in [3.05, 3.63) is 97.1 Å². The zero-order valence-electron chi connectivity index (χ0n) is 21.4. The fourth-order valence-corrected chi connectivity index (χ4v) is 2.87. The predicted octanol–water partition coefficient (Wildman–Crippen LogP) is 8.38. The molecule has 0 aromatic heterocycles. The van der Waals surface area contributed by atoms with Crippen LogP contribution in [0.5, 0.6) is 0 Å². The second-order valence-corrected chi connectivity index (χ2v) is 6.69. The van der Waals surface area contributed by atoms with Crippen LogP contribution in [0.2, 0.25) is 0 Å². The first-order chi connectivity index (χ1) is 15.5. The SMILES string of the molecule is C=C(/C(=C\C(CCCC(C)=O)NC)c1ccccc1)c1ccccc1.C=CC.CC.CC. The zero-order valence-corrected chi connectivity index (χ0v) is 21.4. The van der Waals surface area contributed by atoms with Crippen molar-refractivity contribution in [3.63, 3.8) is 0 Å². The molecule has 0 aliphatic carbocycles. The molecule has 2 heteroatoms. The Morgan fingerprint density at radius 3 is 1.78 bits per heavy atom. The van der Waals surface area contributed by atoms with Crippen molar-refractivity contribution in [1.82, 2.24) is 5.32 Å². The molecule has 0 aliphatic heterocycles. The molecule has 0 saturated heterocycles. The quantitative estimate of drug-likeness (QED) is 0.316. The Kier molecular flexibility index (Phi) is 21.2. The van der Waals surface area contributed by atoms with E-state index in [1.165, 1.54) is 0 Å². The lowest BCUT2D eigenvalue weighted by Gasteiger charge is -2.17. The standard InChI is InChI=1S/C23H27NO.C3H6.2C2H6/c1-18(25)11-10-16-22(24-3)17-23(21-14-8-5-9-15-21)19(2)20-12-6-4-7-13-20;1-3-2;2*1-2/h4-9,12-15,17,22,24H,2,10-11,16H2,1,3H3;3H,1H2,2H3;2*1-2H3/b23-17+;;;. The van der Waals surface area contributed by atoms with Gasteiger partial charge in [0.15, 0.2) is 0 Å². The maximum atomic E-state index is 11.2. The van der Waals surface area contributed by atoms with Crippen molar-refractivity contribution in [3.8, 4) is 0 Å². The summed E-state index contributed by atoms with van der Waals surface area (Å²) in [6.45, 7) is 19.2. The normalized spacial score (nSPS) is 10.7. The van der Waals surface area contributed by atoms with Crippen LogP contribution in [-0.2, 0) is 4.79 Å². The van der Waals surface area contributed by atoms with Gasteiger partial charge >= 0.3 is 0 Å². The van der Waals surface area contributed by atoms with Crippen LogP contribution in [0.1, 0.15) is 71.9 Å². The van der Waals surface area contributed by atoms with Crippen molar-refractivity contribution in [2.75, 3.05) is 7.05 Å². The van der Waals surface area contributed by atoms with Gasteiger partial charge in [0.05, 0.1) is 0 Å². The van der Waals surface area contributed by atoms with E-state index in [2.05, 4.69) is 48.8 Å². The fraction of sp³-hybridized carbons (Fsp3) is 0.367. The van der Waals surface area contributed by atoms with E-state index in [9.17, 15) is 4.79 Å².